The molecule has 1 aliphatic carbocycles. The fraction of sp³-hybridized carbons (Fsp3) is 0.231. The quantitative estimate of drug-likeness (QED) is 0.351. The minimum Gasteiger partial charge on any atom is -0.439 e. The number of para-hydroxylation sites is 1. The van der Waals surface area contributed by atoms with Gasteiger partial charge in [0.05, 0.1) is 28.6 Å². The zero-order valence-corrected chi connectivity index (χ0v) is 20.3. The van der Waals surface area contributed by atoms with Crippen LogP contribution in [0.2, 0.25) is 0 Å². The molecule has 4 N–H and O–H groups in total. The maximum atomic E-state index is 13.4. The lowest BCUT2D eigenvalue weighted by Crippen LogP contribution is -2.36. The molecule has 4 aromatic rings. The second-order valence-electron chi connectivity index (χ2n) is 9.05. The average molecular weight is 501 g/mol. The van der Waals surface area contributed by atoms with Crippen LogP contribution in [-0.4, -0.2) is 34.0 Å². The topological polar surface area (TPSA) is 122 Å². The van der Waals surface area contributed by atoms with E-state index in [1.165, 1.54) is 11.3 Å². The van der Waals surface area contributed by atoms with Crippen molar-refractivity contribution in [3.05, 3.63) is 65.3 Å². The summed E-state index contributed by atoms with van der Waals surface area (Å²) in [5.74, 6) is 0.894. The van der Waals surface area contributed by atoms with Gasteiger partial charge < -0.3 is 21.1 Å². The molecule has 10 heteroatoms. The van der Waals surface area contributed by atoms with E-state index in [-0.39, 0.29) is 24.0 Å². The number of amides is 3. The third-order valence-electron chi connectivity index (χ3n) is 6.53. The van der Waals surface area contributed by atoms with Gasteiger partial charge in [0, 0.05) is 24.3 Å². The first kappa shape index (κ1) is 22.4. The number of ether oxygens (including phenoxy) is 1. The van der Waals surface area contributed by atoms with E-state index in [2.05, 4.69) is 20.6 Å². The number of thiophene rings is 1. The van der Waals surface area contributed by atoms with E-state index in [9.17, 15) is 9.59 Å². The first-order valence-electron chi connectivity index (χ1n) is 11.8. The number of rotatable bonds is 5. The Balaban J connectivity index is 1.34. The molecular formula is C26H24N6O3S. The molecule has 2 atom stereocenters. The number of aromatic nitrogens is 2. The maximum Gasteiger partial charge on any atom is 0.331 e. The lowest BCUT2D eigenvalue weighted by atomic mass is 10.1. The number of pyridine rings is 2. The molecule has 0 saturated heterocycles. The summed E-state index contributed by atoms with van der Waals surface area (Å²) < 4.78 is 5.84. The smallest absolute Gasteiger partial charge is 0.331 e. The van der Waals surface area contributed by atoms with Gasteiger partial charge in [0.1, 0.15) is 15.5 Å². The summed E-state index contributed by atoms with van der Waals surface area (Å²) >= 11 is 1.27. The number of carbonyl (C=O) groups excluding carboxylic acids is 2. The van der Waals surface area contributed by atoms with Crippen LogP contribution in [0.4, 0.5) is 21.9 Å². The Labute approximate surface area is 211 Å². The molecule has 3 amide bonds. The summed E-state index contributed by atoms with van der Waals surface area (Å²) in [4.78, 5) is 38.1. The van der Waals surface area contributed by atoms with Gasteiger partial charge in [-0.1, -0.05) is 18.2 Å². The number of nitrogens with two attached hydrogens (primary N) is 1. The van der Waals surface area contributed by atoms with Crippen LogP contribution in [0, 0.1) is 6.92 Å². The molecule has 1 unspecified atom stereocenters. The molecule has 182 valence electrons. The lowest BCUT2D eigenvalue weighted by molar-refractivity contribution is 0.0942. The molecule has 1 aromatic carbocycles. The Bertz CT molecular complexity index is 1490. The zero-order chi connectivity index (χ0) is 24.8. The second kappa shape index (κ2) is 8.89. The molecule has 36 heavy (non-hydrogen) atoms. The normalized spacial score (nSPS) is 18.8. The third kappa shape index (κ3) is 3.94. The van der Waals surface area contributed by atoms with Crippen molar-refractivity contribution in [3.63, 3.8) is 0 Å². The average Bonchev–Trinajstić information content (AvgIpc) is 3.44. The molecule has 6 rings (SSSR count). The van der Waals surface area contributed by atoms with Crippen molar-refractivity contribution in [2.75, 3.05) is 10.2 Å². The molecular weight excluding hydrogens is 476 g/mol. The van der Waals surface area contributed by atoms with Crippen LogP contribution in [0.3, 0.4) is 0 Å². The number of hydrogen-bond acceptors (Lipinski definition) is 7. The van der Waals surface area contributed by atoms with Crippen molar-refractivity contribution in [1.29, 1.82) is 0 Å². The molecule has 4 heterocycles. The van der Waals surface area contributed by atoms with E-state index in [1.54, 1.807) is 29.4 Å². The number of hydrogen-bond donors (Lipinski definition) is 3. The summed E-state index contributed by atoms with van der Waals surface area (Å²) in [6.45, 7) is 1.90. The van der Waals surface area contributed by atoms with E-state index < -0.39 is 0 Å². The highest BCUT2D eigenvalue weighted by atomic mass is 32.1. The Morgan fingerprint density at radius 3 is 2.78 bits per heavy atom. The minimum atomic E-state index is -0.369. The standard InChI is InChI=1S/C26H24N6O3S/c1-14-11-20(35-17-5-3-2-4-6-17)29-13-19(14)32-18-9-10-28-25-21(18)22(31-26(32)34)23(36-25)24(33)30-16-8-7-15(27)12-16/h2-6,9-11,13,15-16H,7-8,12,27H2,1H3,(H,30,33)(H,31,34)/t15?,16-/m1/s1. The second-order valence-corrected chi connectivity index (χ2v) is 10.0. The highest BCUT2D eigenvalue weighted by molar-refractivity contribution is 7.21. The summed E-state index contributed by atoms with van der Waals surface area (Å²) in [6.07, 6.45) is 5.77. The summed E-state index contributed by atoms with van der Waals surface area (Å²) in [5.41, 5.74) is 8.57. The van der Waals surface area contributed by atoms with Crippen molar-refractivity contribution in [1.82, 2.24) is 15.3 Å². The predicted molar refractivity (Wildman–Crippen MR) is 139 cm³/mol. The molecule has 1 saturated carbocycles. The molecule has 1 aliphatic heterocycles. The van der Waals surface area contributed by atoms with Gasteiger partial charge in [0.25, 0.3) is 5.91 Å². The Morgan fingerprint density at radius 2 is 2.03 bits per heavy atom. The van der Waals surface area contributed by atoms with Crippen molar-refractivity contribution in [2.24, 2.45) is 5.73 Å². The SMILES string of the molecule is Cc1cc(Oc2ccccc2)ncc1N1C(=O)Nc2c(C(=O)N[C@@H]3CCC(N)C3)sc3nccc1c23. The summed E-state index contributed by atoms with van der Waals surface area (Å²) in [7, 11) is 0. The Morgan fingerprint density at radius 1 is 1.19 bits per heavy atom. The van der Waals surface area contributed by atoms with Gasteiger partial charge in [-0.25, -0.2) is 14.8 Å². The maximum absolute atomic E-state index is 13.4. The van der Waals surface area contributed by atoms with Gasteiger partial charge in [-0.2, -0.15) is 0 Å². The number of aryl methyl sites for hydroxylation is 1. The molecule has 0 spiro atoms. The summed E-state index contributed by atoms with van der Waals surface area (Å²) in [6, 6.07) is 12.7. The highest BCUT2D eigenvalue weighted by Crippen LogP contribution is 2.46. The number of urea groups is 1. The van der Waals surface area contributed by atoms with E-state index >= 15 is 0 Å². The van der Waals surface area contributed by atoms with Gasteiger partial charge in [-0.3, -0.25) is 9.69 Å². The van der Waals surface area contributed by atoms with Gasteiger partial charge >= 0.3 is 6.03 Å². The molecule has 0 bridgehead atoms. The van der Waals surface area contributed by atoms with Crippen molar-refractivity contribution < 1.29 is 14.3 Å². The monoisotopic (exact) mass is 500 g/mol. The van der Waals surface area contributed by atoms with Gasteiger partial charge in [0.15, 0.2) is 0 Å². The fourth-order valence-corrected chi connectivity index (χ4v) is 5.83. The van der Waals surface area contributed by atoms with E-state index in [1.807, 2.05) is 37.3 Å². The minimum absolute atomic E-state index is 0.0403. The number of anilines is 3. The first-order valence-corrected chi connectivity index (χ1v) is 12.6. The van der Waals surface area contributed by atoms with Gasteiger partial charge in [-0.15, -0.1) is 11.3 Å². The first-order chi connectivity index (χ1) is 17.5. The van der Waals surface area contributed by atoms with Crippen molar-refractivity contribution in [3.8, 4) is 11.6 Å². The number of carbonyl (C=O) groups is 2. The van der Waals surface area contributed by atoms with E-state index in [4.69, 9.17) is 10.5 Å². The lowest BCUT2D eigenvalue weighted by Gasteiger charge is -2.29. The fourth-order valence-electron chi connectivity index (χ4n) is 4.80. The number of nitrogens with one attached hydrogen (secondary N) is 2. The molecule has 0 radical (unpaired) electrons. The van der Waals surface area contributed by atoms with Gasteiger partial charge in [0.2, 0.25) is 5.88 Å². The van der Waals surface area contributed by atoms with Gasteiger partial charge in [-0.05, 0) is 49.9 Å². The van der Waals surface area contributed by atoms with Crippen LogP contribution in [0.5, 0.6) is 11.6 Å². The number of nitrogens with zero attached hydrogens (tertiary/aromatic N) is 3. The largest absolute Gasteiger partial charge is 0.439 e. The predicted octanol–water partition coefficient (Wildman–Crippen LogP) is 5.09. The van der Waals surface area contributed by atoms with Crippen molar-refractivity contribution in [2.45, 2.75) is 38.3 Å². The van der Waals surface area contributed by atoms with Crippen LogP contribution in [0.25, 0.3) is 10.2 Å². The number of benzene rings is 1. The highest BCUT2D eigenvalue weighted by Gasteiger charge is 2.34. The van der Waals surface area contributed by atoms with Crippen molar-refractivity contribution >= 4 is 50.6 Å². The summed E-state index contributed by atoms with van der Waals surface area (Å²) in [5, 5.41) is 6.74. The van der Waals surface area contributed by atoms with E-state index in [0.717, 1.165) is 30.2 Å². The Hall–Kier alpha value is -4.02. The van der Waals surface area contributed by atoms with Crippen LogP contribution in [0.15, 0.2) is 54.9 Å². The van der Waals surface area contributed by atoms with Crippen LogP contribution >= 0.6 is 11.3 Å². The molecule has 3 aromatic heterocycles. The van der Waals surface area contributed by atoms with E-state index in [0.29, 0.717) is 38.4 Å². The van der Waals surface area contributed by atoms with Crippen LogP contribution in [0.1, 0.15) is 34.5 Å². The molecule has 1 fully saturated rings. The van der Waals surface area contributed by atoms with Crippen LogP contribution in [-0.2, 0) is 0 Å². The Kier molecular flexibility index (Phi) is 5.54. The van der Waals surface area contributed by atoms with Crippen LogP contribution < -0.4 is 26.0 Å². The zero-order valence-electron chi connectivity index (χ0n) is 19.5. The third-order valence-corrected chi connectivity index (χ3v) is 7.62. The molecule has 2 aliphatic rings. The molecule has 9 nitrogen and oxygen atoms in total.